The van der Waals surface area contributed by atoms with Gasteiger partial charge in [-0.05, 0) is 11.4 Å². The lowest BCUT2D eigenvalue weighted by molar-refractivity contribution is -0.131. The number of piperazine rings is 1. The molecule has 8 heteroatoms. The van der Waals surface area contributed by atoms with Crippen molar-refractivity contribution >= 4 is 29.0 Å². The van der Waals surface area contributed by atoms with E-state index in [-0.39, 0.29) is 11.8 Å². The summed E-state index contributed by atoms with van der Waals surface area (Å²) in [6, 6.07) is 3.61. The van der Waals surface area contributed by atoms with Crippen LogP contribution in [-0.2, 0) is 4.79 Å². The van der Waals surface area contributed by atoms with Gasteiger partial charge in [0, 0.05) is 51.5 Å². The van der Waals surface area contributed by atoms with Gasteiger partial charge in [0.2, 0.25) is 5.91 Å². The molecule has 0 radical (unpaired) electrons. The first-order chi connectivity index (χ1) is 11.7. The molecule has 0 bridgehead atoms. The van der Waals surface area contributed by atoms with E-state index in [0.717, 1.165) is 18.9 Å². The quantitative estimate of drug-likeness (QED) is 0.875. The monoisotopic (exact) mass is 345 g/mol. The zero-order chi connectivity index (χ0) is 16.8. The van der Waals surface area contributed by atoms with Crippen LogP contribution in [0.1, 0.15) is 16.1 Å². The standard InChI is InChI=1S/C16H19N5O2S/c22-15(3-4-19-16(23)13-2-1-11-24-13)21-9-7-20(8-10-21)14-12-17-5-6-18-14/h1-2,5-6,11-12H,3-4,7-10H2,(H,19,23). The number of hydrogen-bond donors (Lipinski definition) is 1. The highest BCUT2D eigenvalue weighted by atomic mass is 32.1. The summed E-state index contributed by atoms with van der Waals surface area (Å²) < 4.78 is 0. The molecule has 7 nitrogen and oxygen atoms in total. The van der Waals surface area contributed by atoms with Crippen LogP contribution in [0.25, 0.3) is 0 Å². The molecule has 1 fully saturated rings. The molecule has 3 heterocycles. The van der Waals surface area contributed by atoms with E-state index in [1.54, 1.807) is 24.7 Å². The van der Waals surface area contributed by atoms with E-state index >= 15 is 0 Å². The van der Waals surface area contributed by atoms with E-state index in [0.29, 0.717) is 30.9 Å². The minimum atomic E-state index is -0.120. The van der Waals surface area contributed by atoms with Gasteiger partial charge in [-0.2, -0.15) is 0 Å². The first-order valence-corrected chi connectivity index (χ1v) is 8.72. The van der Waals surface area contributed by atoms with Crippen LogP contribution in [-0.4, -0.2) is 59.4 Å². The van der Waals surface area contributed by atoms with Crippen LogP contribution in [0.2, 0.25) is 0 Å². The molecular formula is C16H19N5O2S. The van der Waals surface area contributed by atoms with Crippen molar-refractivity contribution in [2.75, 3.05) is 37.6 Å². The molecule has 0 aliphatic carbocycles. The molecule has 0 aromatic carbocycles. The second-order valence-electron chi connectivity index (χ2n) is 5.41. The van der Waals surface area contributed by atoms with Crippen molar-refractivity contribution in [3.05, 3.63) is 41.0 Å². The maximum Gasteiger partial charge on any atom is 0.261 e. The third kappa shape index (κ3) is 4.08. The fourth-order valence-electron chi connectivity index (χ4n) is 2.58. The van der Waals surface area contributed by atoms with Crippen molar-refractivity contribution in [2.24, 2.45) is 0 Å². The van der Waals surface area contributed by atoms with Crippen LogP contribution in [0.5, 0.6) is 0 Å². The molecule has 1 aliphatic heterocycles. The molecule has 0 unspecified atom stereocenters. The number of amides is 2. The van der Waals surface area contributed by atoms with Crippen molar-refractivity contribution in [1.82, 2.24) is 20.2 Å². The maximum absolute atomic E-state index is 12.2. The molecule has 2 aromatic rings. The zero-order valence-electron chi connectivity index (χ0n) is 13.2. The lowest BCUT2D eigenvalue weighted by Gasteiger charge is -2.35. The second-order valence-corrected chi connectivity index (χ2v) is 6.36. The number of anilines is 1. The fourth-order valence-corrected chi connectivity index (χ4v) is 3.22. The number of rotatable bonds is 5. The molecule has 24 heavy (non-hydrogen) atoms. The van der Waals surface area contributed by atoms with Gasteiger partial charge in [-0.25, -0.2) is 4.98 Å². The molecule has 126 valence electrons. The molecule has 0 atom stereocenters. The summed E-state index contributed by atoms with van der Waals surface area (Å²) >= 11 is 1.39. The summed E-state index contributed by atoms with van der Waals surface area (Å²) in [6.07, 6.45) is 5.37. The highest BCUT2D eigenvalue weighted by Crippen LogP contribution is 2.12. The molecule has 1 N–H and O–H groups in total. The first kappa shape index (κ1) is 16.4. The Balaban J connectivity index is 1.40. The van der Waals surface area contributed by atoms with Gasteiger partial charge in [0.15, 0.2) is 0 Å². The largest absolute Gasteiger partial charge is 0.352 e. The number of thiophene rings is 1. The van der Waals surface area contributed by atoms with Crippen LogP contribution >= 0.6 is 11.3 Å². The Morgan fingerprint density at radius 2 is 2.04 bits per heavy atom. The van der Waals surface area contributed by atoms with Gasteiger partial charge in [0.1, 0.15) is 5.82 Å². The van der Waals surface area contributed by atoms with Gasteiger partial charge in [0.05, 0.1) is 11.1 Å². The summed E-state index contributed by atoms with van der Waals surface area (Å²) in [5.74, 6) is 0.790. The molecule has 2 aromatic heterocycles. The summed E-state index contributed by atoms with van der Waals surface area (Å²) in [5, 5.41) is 4.64. The average Bonchev–Trinajstić information content (AvgIpc) is 3.17. The number of aromatic nitrogens is 2. The predicted molar refractivity (Wildman–Crippen MR) is 92.1 cm³/mol. The number of nitrogens with one attached hydrogen (secondary N) is 1. The van der Waals surface area contributed by atoms with E-state index in [1.807, 2.05) is 16.3 Å². The third-order valence-electron chi connectivity index (χ3n) is 3.88. The van der Waals surface area contributed by atoms with Gasteiger partial charge in [-0.15, -0.1) is 11.3 Å². The Morgan fingerprint density at radius 3 is 2.71 bits per heavy atom. The number of hydrogen-bond acceptors (Lipinski definition) is 6. The molecule has 0 spiro atoms. The summed E-state index contributed by atoms with van der Waals surface area (Å²) in [5.41, 5.74) is 0. The SMILES string of the molecule is O=C(NCCC(=O)N1CCN(c2cnccn2)CC1)c1cccs1. The van der Waals surface area contributed by atoms with Crippen molar-refractivity contribution in [3.8, 4) is 0 Å². The Bertz CT molecular complexity index is 669. The van der Waals surface area contributed by atoms with E-state index in [9.17, 15) is 9.59 Å². The van der Waals surface area contributed by atoms with Gasteiger partial charge in [0.25, 0.3) is 5.91 Å². The molecule has 0 saturated carbocycles. The highest BCUT2D eigenvalue weighted by molar-refractivity contribution is 7.12. The van der Waals surface area contributed by atoms with Crippen molar-refractivity contribution in [3.63, 3.8) is 0 Å². The Kier molecular flexibility index (Phi) is 5.37. The van der Waals surface area contributed by atoms with Gasteiger partial charge < -0.3 is 15.1 Å². The van der Waals surface area contributed by atoms with E-state index in [2.05, 4.69) is 20.2 Å². The van der Waals surface area contributed by atoms with Crippen LogP contribution < -0.4 is 10.2 Å². The molecule has 2 amide bonds. The Morgan fingerprint density at radius 1 is 1.21 bits per heavy atom. The van der Waals surface area contributed by atoms with Crippen LogP contribution in [0.15, 0.2) is 36.1 Å². The summed E-state index contributed by atoms with van der Waals surface area (Å²) in [6.45, 7) is 3.17. The predicted octanol–water partition coefficient (Wildman–Crippen LogP) is 1.01. The lowest BCUT2D eigenvalue weighted by Crippen LogP contribution is -2.49. The molecule has 1 aliphatic rings. The molecular weight excluding hydrogens is 326 g/mol. The minimum absolute atomic E-state index is 0.0697. The first-order valence-electron chi connectivity index (χ1n) is 7.84. The number of carbonyl (C=O) groups is 2. The third-order valence-corrected chi connectivity index (χ3v) is 4.74. The Labute approximate surface area is 144 Å². The van der Waals surface area contributed by atoms with Gasteiger partial charge in [-0.3, -0.25) is 14.6 Å². The van der Waals surface area contributed by atoms with Crippen LogP contribution in [0.3, 0.4) is 0 Å². The summed E-state index contributed by atoms with van der Waals surface area (Å²) in [4.78, 5) is 37.0. The Hall–Kier alpha value is -2.48. The van der Waals surface area contributed by atoms with Crippen LogP contribution in [0.4, 0.5) is 5.82 Å². The van der Waals surface area contributed by atoms with Gasteiger partial charge >= 0.3 is 0 Å². The second kappa shape index (κ2) is 7.87. The van der Waals surface area contributed by atoms with E-state index < -0.39 is 0 Å². The highest BCUT2D eigenvalue weighted by Gasteiger charge is 2.21. The fraction of sp³-hybridized carbons (Fsp3) is 0.375. The molecule has 3 rings (SSSR count). The molecule has 1 saturated heterocycles. The van der Waals surface area contributed by atoms with Crippen LogP contribution in [0, 0.1) is 0 Å². The van der Waals surface area contributed by atoms with Crippen molar-refractivity contribution < 1.29 is 9.59 Å². The normalized spacial score (nSPS) is 14.5. The zero-order valence-corrected chi connectivity index (χ0v) is 14.0. The average molecular weight is 345 g/mol. The van der Waals surface area contributed by atoms with E-state index in [1.165, 1.54) is 11.3 Å². The number of carbonyl (C=O) groups excluding carboxylic acids is 2. The lowest BCUT2D eigenvalue weighted by atomic mass is 10.2. The van der Waals surface area contributed by atoms with Crippen molar-refractivity contribution in [1.29, 1.82) is 0 Å². The smallest absolute Gasteiger partial charge is 0.261 e. The topological polar surface area (TPSA) is 78.4 Å². The number of nitrogens with zero attached hydrogens (tertiary/aromatic N) is 4. The maximum atomic E-state index is 12.2. The van der Waals surface area contributed by atoms with Crippen molar-refractivity contribution in [2.45, 2.75) is 6.42 Å². The summed E-state index contributed by atoms with van der Waals surface area (Å²) in [7, 11) is 0. The van der Waals surface area contributed by atoms with Gasteiger partial charge in [-0.1, -0.05) is 6.07 Å². The van der Waals surface area contributed by atoms with E-state index in [4.69, 9.17) is 0 Å². The minimum Gasteiger partial charge on any atom is -0.352 e.